The number of hydrogen-bond donors (Lipinski definition) is 0. The molecule has 1 amide bonds. The SMILES string of the molecule is CSC1=NC2(CCN(C(=O)OC(C)(C)C)CC2)N=C1c1ccc(Cl)cc1. The van der Waals surface area contributed by atoms with E-state index in [0.29, 0.717) is 31.0 Å². The predicted octanol–water partition coefficient (Wildman–Crippen LogP) is 4.63. The molecule has 0 N–H and O–H groups in total. The molecule has 1 aromatic rings. The van der Waals surface area contributed by atoms with Crippen LogP contribution in [0, 0.1) is 0 Å². The number of thioether (sulfide) groups is 1. The number of piperidine rings is 1. The van der Waals surface area contributed by atoms with E-state index in [0.717, 1.165) is 16.3 Å². The van der Waals surface area contributed by atoms with Crippen LogP contribution in [0.1, 0.15) is 39.2 Å². The molecule has 0 saturated carbocycles. The number of rotatable bonds is 1. The van der Waals surface area contributed by atoms with Gasteiger partial charge >= 0.3 is 6.09 Å². The molecule has 0 bridgehead atoms. The smallest absolute Gasteiger partial charge is 0.410 e. The normalized spacial score (nSPS) is 19.3. The van der Waals surface area contributed by atoms with Crippen LogP contribution < -0.4 is 0 Å². The van der Waals surface area contributed by atoms with Gasteiger partial charge in [0.05, 0.1) is 5.71 Å². The van der Waals surface area contributed by atoms with Gasteiger partial charge in [-0.05, 0) is 39.2 Å². The Morgan fingerprint density at radius 3 is 2.35 bits per heavy atom. The molecule has 2 aliphatic heterocycles. The highest BCUT2D eigenvalue weighted by atomic mass is 35.5. The number of likely N-dealkylation sites (tertiary alicyclic amines) is 1. The largest absolute Gasteiger partial charge is 0.444 e. The van der Waals surface area contributed by atoms with Crippen molar-refractivity contribution >= 4 is 40.2 Å². The van der Waals surface area contributed by atoms with Crippen molar-refractivity contribution in [2.45, 2.75) is 44.9 Å². The fourth-order valence-electron chi connectivity index (χ4n) is 3.06. The maximum atomic E-state index is 12.3. The summed E-state index contributed by atoms with van der Waals surface area (Å²) >= 11 is 7.60. The lowest BCUT2D eigenvalue weighted by Crippen LogP contribution is -2.46. The van der Waals surface area contributed by atoms with Gasteiger partial charge in [0, 0.05) is 36.5 Å². The number of carbonyl (C=O) groups excluding carboxylic acids is 1. The molecule has 1 saturated heterocycles. The molecule has 1 fully saturated rings. The zero-order valence-corrected chi connectivity index (χ0v) is 17.2. The summed E-state index contributed by atoms with van der Waals surface area (Å²) in [7, 11) is 0. The first-order valence-electron chi connectivity index (χ1n) is 8.69. The Morgan fingerprint density at radius 2 is 1.81 bits per heavy atom. The molecule has 0 aromatic heterocycles. The molecule has 5 nitrogen and oxygen atoms in total. The molecule has 3 rings (SSSR count). The van der Waals surface area contributed by atoms with Crippen LogP contribution >= 0.6 is 23.4 Å². The average Bonchev–Trinajstić information content (AvgIpc) is 2.93. The second-order valence-corrected chi connectivity index (χ2v) is 8.77. The Kier molecular flexibility index (Phi) is 5.35. The van der Waals surface area contributed by atoms with Gasteiger partial charge in [0.2, 0.25) is 0 Å². The van der Waals surface area contributed by atoms with E-state index in [1.807, 2.05) is 51.3 Å². The Bertz CT molecular complexity index is 745. The third kappa shape index (κ3) is 4.23. The summed E-state index contributed by atoms with van der Waals surface area (Å²) in [6.45, 7) is 6.83. The molecule has 0 unspecified atom stereocenters. The van der Waals surface area contributed by atoms with E-state index in [1.165, 1.54) is 0 Å². The molecule has 7 heteroatoms. The van der Waals surface area contributed by atoms with Crippen LogP contribution in [-0.4, -0.2) is 52.4 Å². The van der Waals surface area contributed by atoms with E-state index in [-0.39, 0.29) is 6.09 Å². The summed E-state index contributed by atoms with van der Waals surface area (Å²) in [5, 5.41) is 1.65. The minimum absolute atomic E-state index is 0.263. The maximum Gasteiger partial charge on any atom is 0.410 e. The lowest BCUT2D eigenvalue weighted by Gasteiger charge is -2.36. The first-order valence-corrected chi connectivity index (χ1v) is 10.3. The van der Waals surface area contributed by atoms with Crippen molar-refractivity contribution in [1.29, 1.82) is 0 Å². The molecular weight excluding hydrogens is 370 g/mol. The quantitative estimate of drug-likeness (QED) is 0.698. The van der Waals surface area contributed by atoms with Crippen molar-refractivity contribution in [3.05, 3.63) is 34.9 Å². The standard InChI is InChI=1S/C19H24ClN3O2S/c1-18(2,3)25-17(24)23-11-9-19(10-12-23)21-15(16(22-19)26-4)13-5-7-14(20)8-6-13/h5-8H,9-12H2,1-4H3. The number of carbonyl (C=O) groups is 1. The van der Waals surface area contributed by atoms with Crippen molar-refractivity contribution in [1.82, 2.24) is 4.90 Å². The van der Waals surface area contributed by atoms with Gasteiger partial charge in [-0.25, -0.2) is 9.79 Å². The van der Waals surface area contributed by atoms with Gasteiger partial charge in [-0.2, -0.15) is 0 Å². The second kappa shape index (κ2) is 7.24. The molecule has 2 heterocycles. The van der Waals surface area contributed by atoms with E-state index in [1.54, 1.807) is 16.7 Å². The number of nitrogens with zero attached hydrogens (tertiary/aromatic N) is 3. The fraction of sp³-hybridized carbons (Fsp3) is 0.526. The molecule has 26 heavy (non-hydrogen) atoms. The average molecular weight is 394 g/mol. The van der Waals surface area contributed by atoms with Gasteiger partial charge in [0.25, 0.3) is 0 Å². The number of halogens is 1. The van der Waals surface area contributed by atoms with Crippen molar-refractivity contribution in [3.63, 3.8) is 0 Å². The summed E-state index contributed by atoms with van der Waals surface area (Å²) in [5.74, 6) is 0. The van der Waals surface area contributed by atoms with Gasteiger partial charge in [-0.1, -0.05) is 23.7 Å². The summed E-state index contributed by atoms with van der Waals surface area (Å²) in [5.41, 5.74) is 0.990. The number of amides is 1. The van der Waals surface area contributed by atoms with E-state index >= 15 is 0 Å². The molecule has 140 valence electrons. The molecule has 0 aliphatic carbocycles. The highest BCUT2D eigenvalue weighted by molar-refractivity contribution is 8.15. The Balaban J connectivity index is 1.75. The third-order valence-electron chi connectivity index (χ3n) is 4.36. The summed E-state index contributed by atoms with van der Waals surface area (Å²) in [6.07, 6.45) is 3.15. The van der Waals surface area contributed by atoms with Gasteiger partial charge < -0.3 is 9.64 Å². The van der Waals surface area contributed by atoms with E-state index < -0.39 is 11.3 Å². The summed E-state index contributed by atoms with van der Waals surface area (Å²) < 4.78 is 5.47. The summed E-state index contributed by atoms with van der Waals surface area (Å²) in [4.78, 5) is 23.9. The first kappa shape index (κ1) is 19.2. The maximum absolute atomic E-state index is 12.3. The Labute approximate surface area is 163 Å². The molecule has 1 aromatic carbocycles. The van der Waals surface area contributed by atoms with Crippen LogP contribution in [0.5, 0.6) is 0 Å². The lowest BCUT2D eigenvalue weighted by atomic mass is 9.99. The van der Waals surface area contributed by atoms with Crippen LogP contribution in [-0.2, 0) is 4.74 Å². The van der Waals surface area contributed by atoms with Crippen molar-refractivity contribution < 1.29 is 9.53 Å². The van der Waals surface area contributed by atoms with E-state index in [4.69, 9.17) is 26.3 Å². The van der Waals surface area contributed by atoms with Crippen LogP contribution in [0.4, 0.5) is 4.79 Å². The van der Waals surface area contributed by atoms with Crippen LogP contribution in [0.3, 0.4) is 0 Å². The van der Waals surface area contributed by atoms with Gasteiger partial charge in [-0.15, -0.1) is 11.8 Å². The molecule has 1 spiro atoms. The number of hydrogen-bond acceptors (Lipinski definition) is 5. The fourth-order valence-corrected chi connectivity index (χ4v) is 3.80. The Hall–Kier alpha value is -1.53. The number of ether oxygens (including phenoxy) is 1. The van der Waals surface area contributed by atoms with Crippen molar-refractivity contribution in [2.75, 3.05) is 19.3 Å². The van der Waals surface area contributed by atoms with Gasteiger partial charge in [0.15, 0.2) is 5.66 Å². The second-order valence-electron chi connectivity index (χ2n) is 7.54. The molecule has 2 aliphatic rings. The minimum atomic E-state index is -0.482. The topological polar surface area (TPSA) is 54.3 Å². The van der Waals surface area contributed by atoms with E-state index in [9.17, 15) is 4.79 Å². The van der Waals surface area contributed by atoms with Crippen LogP contribution in [0.25, 0.3) is 0 Å². The zero-order valence-electron chi connectivity index (χ0n) is 15.6. The number of benzene rings is 1. The third-order valence-corrected chi connectivity index (χ3v) is 5.28. The van der Waals surface area contributed by atoms with Crippen molar-refractivity contribution in [3.8, 4) is 0 Å². The highest BCUT2D eigenvalue weighted by Crippen LogP contribution is 2.35. The van der Waals surface area contributed by atoms with Crippen LogP contribution in [0.2, 0.25) is 5.02 Å². The van der Waals surface area contributed by atoms with Gasteiger partial charge in [-0.3, -0.25) is 4.99 Å². The monoisotopic (exact) mass is 393 g/mol. The van der Waals surface area contributed by atoms with Gasteiger partial charge in [0.1, 0.15) is 10.6 Å². The van der Waals surface area contributed by atoms with E-state index in [2.05, 4.69) is 0 Å². The zero-order chi connectivity index (χ0) is 18.9. The first-order chi connectivity index (χ1) is 12.2. The summed E-state index contributed by atoms with van der Waals surface area (Å²) in [6, 6.07) is 7.68. The predicted molar refractivity (Wildman–Crippen MR) is 109 cm³/mol. The number of aliphatic imine (C=N–C) groups is 2. The highest BCUT2D eigenvalue weighted by Gasteiger charge is 2.41. The van der Waals surface area contributed by atoms with Crippen LogP contribution in [0.15, 0.2) is 34.3 Å². The lowest BCUT2D eigenvalue weighted by molar-refractivity contribution is 0.0175. The molecule has 0 atom stereocenters. The Morgan fingerprint density at radius 1 is 1.19 bits per heavy atom. The molecular formula is C19H24ClN3O2S. The molecule has 0 radical (unpaired) electrons. The van der Waals surface area contributed by atoms with Crippen molar-refractivity contribution in [2.24, 2.45) is 9.98 Å². The minimum Gasteiger partial charge on any atom is -0.444 e.